The van der Waals surface area contributed by atoms with Crippen LogP contribution in [0, 0.1) is 0 Å². The van der Waals surface area contributed by atoms with Gasteiger partial charge in [-0.05, 0) is 28.1 Å². The molecule has 0 amide bonds. The molecule has 1 unspecified atom stereocenters. The number of sulfone groups is 1. The molecular weight excluding hydrogens is 304 g/mol. The van der Waals surface area contributed by atoms with Gasteiger partial charge in [0.15, 0.2) is 9.84 Å². The molecule has 1 aliphatic rings. The number of rotatable bonds is 2. The minimum Gasteiger partial charge on any atom is -0.364 e. The number of hydrogen-bond acceptors (Lipinski definition) is 4. The Labute approximate surface area is 110 Å². The number of benzene rings is 1. The maximum Gasteiger partial charge on any atom is 0.154 e. The van der Waals surface area contributed by atoms with E-state index in [0.29, 0.717) is 13.1 Å². The first-order valence-electron chi connectivity index (χ1n) is 5.45. The fourth-order valence-electron chi connectivity index (χ4n) is 2.08. The van der Waals surface area contributed by atoms with Gasteiger partial charge in [0.05, 0.1) is 23.2 Å². The minimum absolute atomic E-state index is 0.132. The van der Waals surface area contributed by atoms with E-state index in [2.05, 4.69) is 20.8 Å². The second-order valence-electron chi connectivity index (χ2n) is 4.15. The Morgan fingerprint density at radius 2 is 2.12 bits per heavy atom. The van der Waals surface area contributed by atoms with Crippen LogP contribution in [0.2, 0.25) is 0 Å². The SMILES string of the molecule is NCC1CS(=O)(=O)CCN1c1ccccc1Br. The van der Waals surface area contributed by atoms with Crippen LogP contribution in [0.1, 0.15) is 0 Å². The summed E-state index contributed by atoms with van der Waals surface area (Å²) in [4.78, 5) is 2.07. The van der Waals surface area contributed by atoms with Crippen molar-refractivity contribution >= 4 is 31.5 Å². The molecule has 17 heavy (non-hydrogen) atoms. The number of anilines is 1. The van der Waals surface area contributed by atoms with Crippen LogP contribution in [0.25, 0.3) is 0 Å². The van der Waals surface area contributed by atoms with E-state index >= 15 is 0 Å². The first kappa shape index (κ1) is 12.9. The van der Waals surface area contributed by atoms with E-state index in [4.69, 9.17) is 5.73 Å². The van der Waals surface area contributed by atoms with Crippen molar-refractivity contribution in [3.05, 3.63) is 28.7 Å². The molecule has 0 aromatic heterocycles. The molecule has 1 aliphatic heterocycles. The molecular formula is C11H15BrN2O2S. The highest BCUT2D eigenvalue weighted by atomic mass is 79.9. The van der Waals surface area contributed by atoms with Gasteiger partial charge >= 0.3 is 0 Å². The summed E-state index contributed by atoms with van der Waals surface area (Å²) >= 11 is 3.49. The zero-order valence-corrected chi connectivity index (χ0v) is 11.7. The van der Waals surface area contributed by atoms with E-state index in [9.17, 15) is 8.42 Å². The number of para-hydroxylation sites is 1. The monoisotopic (exact) mass is 318 g/mol. The van der Waals surface area contributed by atoms with Gasteiger partial charge in [0.25, 0.3) is 0 Å². The molecule has 1 saturated heterocycles. The Morgan fingerprint density at radius 3 is 2.76 bits per heavy atom. The third kappa shape index (κ3) is 2.81. The molecule has 94 valence electrons. The zero-order chi connectivity index (χ0) is 12.5. The average molecular weight is 319 g/mol. The molecule has 1 fully saturated rings. The van der Waals surface area contributed by atoms with Gasteiger partial charge in [-0.2, -0.15) is 0 Å². The minimum atomic E-state index is -2.93. The van der Waals surface area contributed by atoms with Crippen molar-refractivity contribution in [2.24, 2.45) is 5.73 Å². The largest absolute Gasteiger partial charge is 0.364 e. The molecule has 4 nitrogen and oxygen atoms in total. The van der Waals surface area contributed by atoms with Crippen LogP contribution in [0.3, 0.4) is 0 Å². The van der Waals surface area contributed by atoms with Gasteiger partial charge in [-0.25, -0.2) is 8.42 Å². The van der Waals surface area contributed by atoms with Crippen LogP contribution < -0.4 is 10.6 Å². The van der Waals surface area contributed by atoms with Gasteiger partial charge in [-0.1, -0.05) is 12.1 Å². The summed E-state index contributed by atoms with van der Waals surface area (Å²) in [7, 11) is -2.93. The number of nitrogens with zero attached hydrogens (tertiary/aromatic N) is 1. The molecule has 0 bridgehead atoms. The molecule has 0 aliphatic carbocycles. The molecule has 1 atom stereocenters. The first-order valence-corrected chi connectivity index (χ1v) is 8.06. The lowest BCUT2D eigenvalue weighted by molar-refractivity contribution is 0.559. The van der Waals surface area contributed by atoms with Crippen molar-refractivity contribution in [3.63, 3.8) is 0 Å². The van der Waals surface area contributed by atoms with Crippen molar-refractivity contribution in [2.75, 3.05) is 29.5 Å². The van der Waals surface area contributed by atoms with Gasteiger partial charge < -0.3 is 10.6 Å². The lowest BCUT2D eigenvalue weighted by atomic mass is 10.2. The standard InChI is InChI=1S/C11H15BrN2O2S/c12-10-3-1-2-4-11(10)14-5-6-17(15,16)8-9(14)7-13/h1-4,9H,5-8,13H2. The Kier molecular flexibility index (Phi) is 3.75. The fraction of sp³-hybridized carbons (Fsp3) is 0.455. The van der Waals surface area contributed by atoms with Crippen LogP contribution in [-0.2, 0) is 9.84 Å². The second-order valence-corrected chi connectivity index (χ2v) is 7.23. The third-order valence-corrected chi connectivity index (χ3v) is 5.33. The molecule has 2 rings (SSSR count). The topological polar surface area (TPSA) is 63.4 Å². The van der Waals surface area contributed by atoms with Crippen LogP contribution in [0.4, 0.5) is 5.69 Å². The summed E-state index contributed by atoms with van der Waals surface area (Å²) in [5.41, 5.74) is 6.69. The van der Waals surface area contributed by atoms with Gasteiger partial charge in [-0.3, -0.25) is 0 Å². The van der Waals surface area contributed by atoms with Crippen molar-refractivity contribution in [1.29, 1.82) is 0 Å². The summed E-state index contributed by atoms with van der Waals surface area (Å²) in [5.74, 6) is 0.343. The Balaban J connectivity index is 2.30. The Morgan fingerprint density at radius 1 is 1.41 bits per heavy atom. The molecule has 0 spiro atoms. The quantitative estimate of drug-likeness (QED) is 0.884. The van der Waals surface area contributed by atoms with E-state index in [-0.39, 0.29) is 17.5 Å². The average Bonchev–Trinajstić information content (AvgIpc) is 2.29. The van der Waals surface area contributed by atoms with E-state index in [0.717, 1.165) is 10.2 Å². The predicted molar refractivity (Wildman–Crippen MR) is 73.0 cm³/mol. The maximum atomic E-state index is 11.6. The maximum absolute atomic E-state index is 11.6. The van der Waals surface area contributed by atoms with Gasteiger partial charge in [0.1, 0.15) is 0 Å². The molecule has 1 aromatic carbocycles. The van der Waals surface area contributed by atoms with Crippen molar-refractivity contribution < 1.29 is 8.42 Å². The highest BCUT2D eigenvalue weighted by molar-refractivity contribution is 9.10. The van der Waals surface area contributed by atoms with Crippen LogP contribution in [0.5, 0.6) is 0 Å². The van der Waals surface area contributed by atoms with E-state index in [1.54, 1.807) is 0 Å². The second kappa shape index (κ2) is 4.96. The molecule has 0 saturated carbocycles. The highest BCUT2D eigenvalue weighted by Crippen LogP contribution is 2.29. The van der Waals surface area contributed by atoms with E-state index in [1.807, 2.05) is 24.3 Å². The summed E-state index contributed by atoms with van der Waals surface area (Å²) in [6, 6.07) is 7.67. The molecule has 1 heterocycles. The lowest BCUT2D eigenvalue weighted by Crippen LogP contribution is -2.52. The third-order valence-electron chi connectivity index (χ3n) is 2.96. The fourth-order valence-corrected chi connectivity index (χ4v) is 4.14. The van der Waals surface area contributed by atoms with Gasteiger partial charge in [0, 0.05) is 17.6 Å². The van der Waals surface area contributed by atoms with Gasteiger partial charge in [-0.15, -0.1) is 0 Å². The summed E-state index contributed by atoms with van der Waals surface area (Å²) < 4.78 is 24.1. The lowest BCUT2D eigenvalue weighted by Gasteiger charge is -2.37. The van der Waals surface area contributed by atoms with Crippen LogP contribution >= 0.6 is 15.9 Å². The Hall–Kier alpha value is -0.590. The summed E-state index contributed by atoms with van der Waals surface area (Å²) in [5, 5.41) is 0. The van der Waals surface area contributed by atoms with E-state index < -0.39 is 9.84 Å². The van der Waals surface area contributed by atoms with E-state index in [1.165, 1.54) is 0 Å². The van der Waals surface area contributed by atoms with Crippen LogP contribution in [0.15, 0.2) is 28.7 Å². The normalized spacial score (nSPS) is 23.6. The number of hydrogen-bond donors (Lipinski definition) is 1. The summed E-state index contributed by atoms with van der Waals surface area (Å²) in [6.45, 7) is 0.855. The van der Waals surface area contributed by atoms with Gasteiger partial charge in [0.2, 0.25) is 0 Å². The zero-order valence-electron chi connectivity index (χ0n) is 9.34. The van der Waals surface area contributed by atoms with Crippen molar-refractivity contribution in [2.45, 2.75) is 6.04 Å². The number of halogens is 1. The number of nitrogens with two attached hydrogens (primary N) is 1. The Bertz CT molecular complexity index is 504. The van der Waals surface area contributed by atoms with Crippen molar-refractivity contribution in [1.82, 2.24) is 0 Å². The first-order chi connectivity index (χ1) is 8.03. The van der Waals surface area contributed by atoms with Crippen LogP contribution in [-0.4, -0.2) is 39.1 Å². The molecule has 1 aromatic rings. The smallest absolute Gasteiger partial charge is 0.154 e. The molecule has 6 heteroatoms. The molecule has 2 N–H and O–H groups in total. The highest BCUT2D eigenvalue weighted by Gasteiger charge is 2.30. The molecule has 0 radical (unpaired) electrons. The summed E-state index contributed by atoms with van der Waals surface area (Å²) in [6.07, 6.45) is 0. The predicted octanol–water partition coefficient (Wildman–Crippen LogP) is 1.01. The van der Waals surface area contributed by atoms with Crippen molar-refractivity contribution in [3.8, 4) is 0 Å².